The van der Waals surface area contributed by atoms with E-state index in [1.165, 1.54) is 0 Å². The number of rotatable bonds is 9. The molecule has 1 unspecified atom stereocenters. The maximum absolute atomic E-state index is 6.01. The molecule has 150 valence electrons. The topological polar surface area (TPSA) is 126 Å². The molecule has 0 radical (unpaired) electrons. The van der Waals surface area contributed by atoms with Crippen LogP contribution in [-0.2, 0) is 17.8 Å². The third-order valence-electron chi connectivity index (χ3n) is 4.61. The number of aromatic nitrogens is 4. The molecule has 9 nitrogen and oxygen atoms in total. The van der Waals surface area contributed by atoms with Gasteiger partial charge in [-0.05, 0) is 25.0 Å². The Balaban J connectivity index is 1.76. The standard InChI is InChI=1S/C19H27N7O2/c1-12(6-7-27-2)22-9-13-4-5-14(16(8-13)28-3)11-26-17-15(10-23-26)24-19(21)25-18(17)20/h4-5,8,10,12,22H,6-7,9,11H2,1-3H3,(H4,20,21,24,25). The van der Waals surface area contributed by atoms with E-state index >= 15 is 0 Å². The van der Waals surface area contributed by atoms with Gasteiger partial charge in [-0.15, -0.1) is 0 Å². The molecule has 9 heteroatoms. The lowest BCUT2D eigenvalue weighted by Crippen LogP contribution is -2.26. The number of ether oxygens (including phenoxy) is 2. The summed E-state index contributed by atoms with van der Waals surface area (Å²) in [6.07, 6.45) is 2.60. The van der Waals surface area contributed by atoms with Crippen LogP contribution in [0.5, 0.6) is 5.75 Å². The summed E-state index contributed by atoms with van der Waals surface area (Å²) in [5.41, 5.74) is 15.1. The summed E-state index contributed by atoms with van der Waals surface area (Å²) >= 11 is 0. The van der Waals surface area contributed by atoms with Crippen molar-refractivity contribution in [2.24, 2.45) is 0 Å². The summed E-state index contributed by atoms with van der Waals surface area (Å²) in [5.74, 6) is 1.24. The lowest BCUT2D eigenvalue weighted by molar-refractivity contribution is 0.184. The molecule has 0 spiro atoms. The highest BCUT2D eigenvalue weighted by Gasteiger charge is 2.13. The fourth-order valence-corrected chi connectivity index (χ4v) is 3.05. The van der Waals surface area contributed by atoms with Crippen LogP contribution in [0.2, 0.25) is 0 Å². The van der Waals surface area contributed by atoms with Crippen molar-refractivity contribution < 1.29 is 9.47 Å². The van der Waals surface area contributed by atoms with Crippen molar-refractivity contribution in [3.63, 3.8) is 0 Å². The van der Waals surface area contributed by atoms with E-state index in [4.69, 9.17) is 20.9 Å². The molecule has 5 N–H and O–H groups in total. The number of benzene rings is 1. The van der Waals surface area contributed by atoms with Crippen LogP contribution < -0.4 is 21.5 Å². The molecule has 3 aromatic rings. The van der Waals surface area contributed by atoms with Gasteiger partial charge in [0.25, 0.3) is 0 Å². The maximum Gasteiger partial charge on any atom is 0.222 e. The average molecular weight is 385 g/mol. The highest BCUT2D eigenvalue weighted by atomic mass is 16.5. The maximum atomic E-state index is 6.01. The van der Waals surface area contributed by atoms with Gasteiger partial charge in [-0.25, -0.2) is 4.98 Å². The molecule has 28 heavy (non-hydrogen) atoms. The monoisotopic (exact) mass is 385 g/mol. The molecule has 0 saturated carbocycles. The van der Waals surface area contributed by atoms with E-state index in [1.54, 1.807) is 25.1 Å². The first-order valence-electron chi connectivity index (χ1n) is 9.14. The van der Waals surface area contributed by atoms with Crippen molar-refractivity contribution in [1.82, 2.24) is 25.1 Å². The largest absolute Gasteiger partial charge is 0.496 e. The Hall–Kier alpha value is -2.91. The SMILES string of the molecule is COCCC(C)NCc1ccc(Cn2ncc3nc(N)nc(N)c32)c(OC)c1. The Morgan fingerprint density at radius 2 is 2.04 bits per heavy atom. The van der Waals surface area contributed by atoms with Crippen LogP contribution in [-0.4, -0.2) is 46.6 Å². The predicted octanol–water partition coefficient (Wildman–Crippen LogP) is 1.56. The molecule has 1 aromatic carbocycles. The van der Waals surface area contributed by atoms with Crippen molar-refractivity contribution >= 4 is 22.8 Å². The van der Waals surface area contributed by atoms with Crippen molar-refractivity contribution in [3.8, 4) is 5.75 Å². The molecular formula is C19H27N7O2. The van der Waals surface area contributed by atoms with Crippen LogP contribution >= 0.6 is 0 Å². The van der Waals surface area contributed by atoms with Gasteiger partial charge in [-0.2, -0.15) is 10.1 Å². The van der Waals surface area contributed by atoms with E-state index in [0.717, 1.165) is 36.4 Å². The minimum absolute atomic E-state index is 0.138. The van der Waals surface area contributed by atoms with Gasteiger partial charge in [-0.3, -0.25) is 4.68 Å². The van der Waals surface area contributed by atoms with Crippen LogP contribution in [0.25, 0.3) is 11.0 Å². The molecule has 0 saturated heterocycles. The third kappa shape index (κ3) is 4.49. The molecule has 2 aromatic heterocycles. The number of fused-ring (bicyclic) bond motifs is 1. The number of nitrogen functional groups attached to an aromatic ring is 2. The lowest BCUT2D eigenvalue weighted by Gasteiger charge is -2.15. The van der Waals surface area contributed by atoms with Gasteiger partial charge >= 0.3 is 0 Å². The Bertz CT molecular complexity index is 941. The van der Waals surface area contributed by atoms with E-state index in [9.17, 15) is 0 Å². The minimum Gasteiger partial charge on any atom is -0.496 e. The second-order valence-corrected chi connectivity index (χ2v) is 6.71. The summed E-state index contributed by atoms with van der Waals surface area (Å²) in [7, 11) is 3.38. The predicted molar refractivity (Wildman–Crippen MR) is 109 cm³/mol. The van der Waals surface area contributed by atoms with Crippen LogP contribution in [0, 0.1) is 0 Å². The Morgan fingerprint density at radius 3 is 2.79 bits per heavy atom. The minimum atomic E-state index is 0.138. The molecule has 2 heterocycles. The second kappa shape index (κ2) is 8.85. The van der Waals surface area contributed by atoms with Gasteiger partial charge in [0.1, 0.15) is 16.8 Å². The molecule has 0 bridgehead atoms. The summed E-state index contributed by atoms with van der Waals surface area (Å²) in [5, 5.41) is 7.87. The molecule has 0 fully saturated rings. The zero-order chi connectivity index (χ0) is 20.1. The Kier molecular flexibility index (Phi) is 6.27. The smallest absolute Gasteiger partial charge is 0.222 e. The van der Waals surface area contributed by atoms with Gasteiger partial charge in [0.15, 0.2) is 5.82 Å². The highest BCUT2D eigenvalue weighted by Crippen LogP contribution is 2.24. The molecule has 0 amide bonds. The third-order valence-corrected chi connectivity index (χ3v) is 4.61. The summed E-state index contributed by atoms with van der Waals surface area (Å²) < 4.78 is 12.5. The molecule has 0 aliphatic rings. The number of methoxy groups -OCH3 is 2. The van der Waals surface area contributed by atoms with Crippen LogP contribution in [0.15, 0.2) is 24.4 Å². The van der Waals surface area contributed by atoms with Crippen molar-refractivity contribution in [3.05, 3.63) is 35.5 Å². The van der Waals surface area contributed by atoms with Gasteiger partial charge in [0, 0.05) is 31.9 Å². The number of nitrogens with two attached hydrogens (primary N) is 2. The normalized spacial score (nSPS) is 12.4. The highest BCUT2D eigenvalue weighted by molar-refractivity contribution is 5.85. The zero-order valence-electron chi connectivity index (χ0n) is 16.5. The van der Waals surface area contributed by atoms with E-state index in [-0.39, 0.29) is 5.95 Å². The molecule has 0 aliphatic carbocycles. The van der Waals surface area contributed by atoms with E-state index in [2.05, 4.69) is 33.4 Å². The Morgan fingerprint density at radius 1 is 1.21 bits per heavy atom. The second-order valence-electron chi connectivity index (χ2n) is 6.71. The Labute approximate surface area is 164 Å². The quantitative estimate of drug-likeness (QED) is 0.507. The van der Waals surface area contributed by atoms with Gasteiger partial charge in [0.2, 0.25) is 5.95 Å². The zero-order valence-corrected chi connectivity index (χ0v) is 16.5. The fourth-order valence-electron chi connectivity index (χ4n) is 3.05. The molecule has 0 aliphatic heterocycles. The van der Waals surface area contributed by atoms with Crippen molar-refractivity contribution in [1.29, 1.82) is 0 Å². The van der Waals surface area contributed by atoms with Gasteiger partial charge < -0.3 is 26.3 Å². The van der Waals surface area contributed by atoms with Crippen molar-refractivity contribution in [2.45, 2.75) is 32.5 Å². The number of hydrogen-bond donors (Lipinski definition) is 3. The summed E-state index contributed by atoms with van der Waals surface area (Å²) in [6.45, 7) is 4.13. The molecule has 1 atom stereocenters. The first kappa shape index (κ1) is 19.8. The first-order valence-corrected chi connectivity index (χ1v) is 9.14. The van der Waals surface area contributed by atoms with Crippen LogP contribution in [0.1, 0.15) is 24.5 Å². The summed E-state index contributed by atoms with van der Waals surface area (Å²) in [4.78, 5) is 8.20. The van der Waals surface area contributed by atoms with Crippen LogP contribution in [0.3, 0.4) is 0 Å². The average Bonchev–Trinajstić information content (AvgIpc) is 3.08. The van der Waals surface area contributed by atoms with Gasteiger partial charge in [0.05, 0.1) is 19.9 Å². The van der Waals surface area contributed by atoms with Crippen molar-refractivity contribution in [2.75, 3.05) is 32.3 Å². The lowest BCUT2D eigenvalue weighted by atomic mass is 10.1. The van der Waals surface area contributed by atoms with E-state index in [1.807, 2.05) is 12.1 Å². The van der Waals surface area contributed by atoms with E-state index < -0.39 is 0 Å². The van der Waals surface area contributed by atoms with Crippen LogP contribution in [0.4, 0.5) is 11.8 Å². The number of hydrogen-bond acceptors (Lipinski definition) is 8. The molecular weight excluding hydrogens is 358 g/mol. The number of anilines is 2. The fraction of sp³-hybridized carbons (Fsp3) is 0.421. The summed E-state index contributed by atoms with van der Waals surface area (Å²) in [6, 6.07) is 6.53. The molecule has 3 rings (SSSR count). The number of nitrogens with one attached hydrogen (secondary N) is 1. The number of nitrogens with zero attached hydrogens (tertiary/aromatic N) is 4. The van der Waals surface area contributed by atoms with E-state index in [0.29, 0.717) is 29.4 Å². The first-order chi connectivity index (χ1) is 13.5. The van der Waals surface area contributed by atoms with Gasteiger partial charge in [-0.1, -0.05) is 12.1 Å².